The van der Waals surface area contributed by atoms with E-state index in [1.165, 1.54) is 0 Å². The molecule has 4 nitrogen and oxygen atoms in total. The van der Waals surface area contributed by atoms with Gasteiger partial charge in [0.25, 0.3) is 5.91 Å². The third kappa shape index (κ3) is 3.02. The van der Waals surface area contributed by atoms with E-state index in [1.807, 2.05) is 37.4 Å². The van der Waals surface area contributed by atoms with Crippen molar-refractivity contribution in [3.63, 3.8) is 0 Å². The summed E-state index contributed by atoms with van der Waals surface area (Å²) in [6.45, 7) is 1.92. The highest BCUT2D eigenvalue weighted by molar-refractivity contribution is 6.31. The summed E-state index contributed by atoms with van der Waals surface area (Å²) in [6.07, 6.45) is 3.56. The fourth-order valence-electron chi connectivity index (χ4n) is 2.11. The second-order valence-corrected chi connectivity index (χ2v) is 5.35. The Morgan fingerprint density at radius 1 is 1.18 bits per heavy atom. The first-order valence-corrected chi connectivity index (χ1v) is 7.19. The molecule has 2 aromatic carbocycles. The predicted octanol–water partition coefficient (Wildman–Crippen LogP) is 4.09. The number of nitrogens with zero attached hydrogens (tertiary/aromatic N) is 2. The van der Waals surface area contributed by atoms with E-state index >= 15 is 0 Å². The van der Waals surface area contributed by atoms with Gasteiger partial charge in [-0.25, -0.2) is 4.68 Å². The van der Waals surface area contributed by atoms with E-state index in [-0.39, 0.29) is 5.91 Å². The van der Waals surface area contributed by atoms with E-state index in [9.17, 15) is 4.79 Å². The van der Waals surface area contributed by atoms with Crippen LogP contribution >= 0.6 is 11.6 Å². The lowest BCUT2D eigenvalue weighted by Gasteiger charge is -2.09. The Hall–Kier alpha value is -2.59. The normalized spacial score (nSPS) is 10.5. The zero-order chi connectivity index (χ0) is 15.5. The van der Waals surface area contributed by atoms with Gasteiger partial charge in [-0.2, -0.15) is 5.10 Å². The molecule has 1 amide bonds. The number of hydrogen-bond donors (Lipinski definition) is 1. The lowest BCUT2D eigenvalue weighted by Crippen LogP contribution is -2.12. The van der Waals surface area contributed by atoms with Crippen molar-refractivity contribution in [3.8, 4) is 5.69 Å². The first-order valence-electron chi connectivity index (χ1n) is 6.81. The van der Waals surface area contributed by atoms with Gasteiger partial charge < -0.3 is 5.32 Å². The maximum Gasteiger partial charge on any atom is 0.255 e. The molecule has 3 rings (SSSR count). The molecule has 0 spiro atoms. The Kier molecular flexibility index (Phi) is 3.94. The predicted molar refractivity (Wildman–Crippen MR) is 87.7 cm³/mol. The number of rotatable bonds is 3. The number of amides is 1. The number of hydrogen-bond acceptors (Lipinski definition) is 2. The van der Waals surface area contributed by atoms with Crippen molar-refractivity contribution < 1.29 is 4.79 Å². The maximum atomic E-state index is 12.3. The molecule has 0 aliphatic rings. The van der Waals surface area contributed by atoms with Crippen LogP contribution in [0.5, 0.6) is 0 Å². The number of benzene rings is 2. The lowest BCUT2D eigenvalue weighted by molar-refractivity contribution is 0.102. The van der Waals surface area contributed by atoms with Crippen LogP contribution in [0.15, 0.2) is 60.9 Å². The van der Waals surface area contributed by atoms with Gasteiger partial charge in [0.15, 0.2) is 0 Å². The quantitative estimate of drug-likeness (QED) is 0.792. The average Bonchev–Trinajstić information content (AvgIpc) is 3.05. The Morgan fingerprint density at radius 2 is 1.95 bits per heavy atom. The second kappa shape index (κ2) is 6.03. The highest BCUT2D eigenvalue weighted by atomic mass is 35.5. The fraction of sp³-hybridized carbons (Fsp3) is 0.0588. The number of nitrogens with one attached hydrogen (secondary N) is 1. The molecule has 0 fully saturated rings. The van der Waals surface area contributed by atoms with Crippen molar-refractivity contribution >= 4 is 23.2 Å². The van der Waals surface area contributed by atoms with Crippen LogP contribution < -0.4 is 5.32 Å². The molecule has 1 N–H and O–H groups in total. The van der Waals surface area contributed by atoms with Gasteiger partial charge in [-0.3, -0.25) is 4.79 Å². The van der Waals surface area contributed by atoms with E-state index in [0.29, 0.717) is 16.3 Å². The van der Waals surface area contributed by atoms with Gasteiger partial charge in [-0.05, 0) is 55.0 Å². The summed E-state index contributed by atoms with van der Waals surface area (Å²) >= 11 is 5.96. The standard InChI is InChI=1S/C17H14ClN3O/c1-12-3-6-14(18)11-16(12)20-17(22)13-4-7-15(8-5-13)21-10-2-9-19-21/h2-11H,1H3,(H,20,22). The second-order valence-electron chi connectivity index (χ2n) is 4.91. The van der Waals surface area contributed by atoms with Crippen LogP contribution in [0.4, 0.5) is 5.69 Å². The molecule has 22 heavy (non-hydrogen) atoms. The summed E-state index contributed by atoms with van der Waals surface area (Å²) in [5, 5.41) is 7.62. The van der Waals surface area contributed by atoms with Gasteiger partial charge in [0.05, 0.1) is 5.69 Å². The highest BCUT2D eigenvalue weighted by Crippen LogP contribution is 2.21. The van der Waals surface area contributed by atoms with Gasteiger partial charge in [-0.15, -0.1) is 0 Å². The van der Waals surface area contributed by atoms with Gasteiger partial charge in [0.1, 0.15) is 0 Å². The van der Waals surface area contributed by atoms with Crippen molar-refractivity contribution in [2.24, 2.45) is 0 Å². The highest BCUT2D eigenvalue weighted by Gasteiger charge is 2.08. The summed E-state index contributed by atoms with van der Waals surface area (Å²) in [5.41, 5.74) is 3.16. The van der Waals surface area contributed by atoms with Crippen LogP contribution in [0.25, 0.3) is 5.69 Å². The largest absolute Gasteiger partial charge is 0.322 e. The molecule has 0 unspecified atom stereocenters. The average molecular weight is 312 g/mol. The van der Waals surface area contributed by atoms with Gasteiger partial charge in [0.2, 0.25) is 0 Å². The van der Waals surface area contributed by atoms with E-state index in [0.717, 1.165) is 11.3 Å². The zero-order valence-corrected chi connectivity index (χ0v) is 12.7. The van der Waals surface area contributed by atoms with Crippen LogP contribution in [0.2, 0.25) is 5.02 Å². The van der Waals surface area contributed by atoms with Gasteiger partial charge in [0, 0.05) is 28.7 Å². The van der Waals surface area contributed by atoms with Crippen molar-refractivity contribution in [1.82, 2.24) is 9.78 Å². The van der Waals surface area contributed by atoms with Crippen LogP contribution in [0.1, 0.15) is 15.9 Å². The molecule has 0 atom stereocenters. The molecule has 1 aromatic heterocycles. The lowest BCUT2D eigenvalue weighted by atomic mass is 10.1. The minimum absolute atomic E-state index is 0.169. The number of anilines is 1. The van der Waals surface area contributed by atoms with E-state index in [4.69, 9.17) is 11.6 Å². The maximum absolute atomic E-state index is 12.3. The summed E-state index contributed by atoms with van der Waals surface area (Å²) < 4.78 is 1.74. The van der Waals surface area contributed by atoms with Crippen LogP contribution in [0.3, 0.4) is 0 Å². The van der Waals surface area contributed by atoms with Crippen molar-refractivity contribution in [2.45, 2.75) is 6.92 Å². The first kappa shape index (κ1) is 14.4. The Labute approximate surface area is 133 Å². The Morgan fingerprint density at radius 3 is 2.64 bits per heavy atom. The van der Waals surface area contributed by atoms with Crippen molar-refractivity contribution in [1.29, 1.82) is 0 Å². The minimum atomic E-state index is -0.169. The number of aromatic nitrogens is 2. The van der Waals surface area contributed by atoms with Crippen LogP contribution in [-0.2, 0) is 0 Å². The molecule has 0 aliphatic carbocycles. The van der Waals surface area contributed by atoms with E-state index < -0.39 is 0 Å². The number of carbonyl (C=O) groups excluding carboxylic acids is 1. The molecular weight excluding hydrogens is 298 g/mol. The third-order valence-electron chi connectivity index (χ3n) is 3.35. The van der Waals surface area contributed by atoms with Gasteiger partial charge in [-0.1, -0.05) is 17.7 Å². The molecule has 1 heterocycles. The van der Waals surface area contributed by atoms with Crippen LogP contribution in [-0.4, -0.2) is 15.7 Å². The van der Waals surface area contributed by atoms with Crippen LogP contribution in [0, 0.1) is 6.92 Å². The van der Waals surface area contributed by atoms with Gasteiger partial charge >= 0.3 is 0 Å². The molecule has 0 aliphatic heterocycles. The fourth-order valence-corrected chi connectivity index (χ4v) is 2.28. The monoisotopic (exact) mass is 311 g/mol. The van der Waals surface area contributed by atoms with E-state index in [2.05, 4.69) is 10.4 Å². The molecule has 110 valence electrons. The summed E-state index contributed by atoms with van der Waals surface area (Å²) in [7, 11) is 0. The number of carbonyl (C=O) groups is 1. The smallest absolute Gasteiger partial charge is 0.255 e. The van der Waals surface area contributed by atoms with E-state index in [1.54, 1.807) is 35.1 Å². The Balaban J connectivity index is 1.79. The minimum Gasteiger partial charge on any atom is -0.322 e. The molecule has 3 aromatic rings. The third-order valence-corrected chi connectivity index (χ3v) is 3.58. The zero-order valence-electron chi connectivity index (χ0n) is 12.0. The van der Waals surface area contributed by atoms with Crippen molar-refractivity contribution in [3.05, 3.63) is 77.1 Å². The number of aryl methyl sites for hydroxylation is 1. The first-order chi connectivity index (χ1) is 10.6. The summed E-state index contributed by atoms with van der Waals surface area (Å²) in [4.78, 5) is 12.3. The molecule has 0 saturated carbocycles. The molecule has 5 heteroatoms. The molecular formula is C17H14ClN3O. The summed E-state index contributed by atoms with van der Waals surface area (Å²) in [5.74, 6) is -0.169. The number of halogens is 1. The Bertz CT molecular complexity index is 795. The molecule has 0 bridgehead atoms. The molecule has 0 radical (unpaired) electrons. The molecule has 0 saturated heterocycles. The van der Waals surface area contributed by atoms with Crippen molar-refractivity contribution in [2.75, 3.05) is 5.32 Å². The summed E-state index contributed by atoms with van der Waals surface area (Å²) in [6, 6.07) is 14.5. The SMILES string of the molecule is Cc1ccc(Cl)cc1NC(=O)c1ccc(-n2cccn2)cc1. The topological polar surface area (TPSA) is 46.9 Å².